The standard InChI is InChI=1S/C10H16N4O2/c1-8(10(15)16)3-5-11-6-4-9-12-7-14(2)13-9/h3,7,11H,4-6H2,1-2H3,(H,15,16). The minimum absolute atomic E-state index is 0.350. The molecule has 88 valence electrons. The van der Waals surface area contributed by atoms with Gasteiger partial charge in [-0.15, -0.1) is 0 Å². The summed E-state index contributed by atoms with van der Waals surface area (Å²) in [7, 11) is 1.82. The molecule has 6 nitrogen and oxygen atoms in total. The number of aromatic nitrogens is 3. The largest absolute Gasteiger partial charge is 0.478 e. The van der Waals surface area contributed by atoms with Gasteiger partial charge in [0.05, 0.1) is 0 Å². The van der Waals surface area contributed by atoms with Gasteiger partial charge in [-0.2, -0.15) is 5.10 Å². The van der Waals surface area contributed by atoms with E-state index in [0.29, 0.717) is 12.1 Å². The molecule has 0 unspecified atom stereocenters. The van der Waals surface area contributed by atoms with E-state index in [9.17, 15) is 4.79 Å². The van der Waals surface area contributed by atoms with Crippen LogP contribution in [-0.4, -0.2) is 38.9 Å². The first-order chi connectivity index (χ1) is 7.59. The number of hydrogen-bond acceptors (Lipinski definition) is 4. The Morgan fingerprint density at radius 3 is 3.00 bits per heavy atom. The Balaban J connectivity index is 2.17. The van der Waals surface area contributed by atoms with Crippen molar-refractivity contribution in [1.82, 2.24) is 20.1 Å². The van der Waals surface area contributed by atoms with Gasteiger partial charge in [0, 0.05) is 32.1 Å². The number of hydrogen-bond donors (Lipinski definition) is 2. The summed E-state index contributed by atoms with van der Waals surface area (Å²) < 4.78 is 1.66. The molecule has 0 aliphatic heterocycles. The molecule has 2 N–H and O–H groups in total. The zero-order valence-electron chi connectivity index (χ0n) is 9.47. The normalized spacial score (nSPS) is 11.8. The Morgan fingerprint density at radius 1 is 1.69 bits per heavy atom. The van der Waals surface area contributed by atoms with Gasteiger partial charge < -0.3 is 10.4 Å². The van der Waals surface area contributed by atoms with Crippen LogP contribution >= 0.6 is 0 Å². The first-order valence-corrected chi connectivity index (χ1v) is 5.05. The third-order valence-electron chi connectivity index (χ3n) is 2.06. The average molecular weight is 224 g/mol. The van der Waals surface area contributed by atoms with Crippen LogP contribution in [0.25, 0.3) is 0 Å². The monoisotopic (exact) mass is 224 g/mol. The fraction of sp³-hybridized carbons (Fsp3) is 0.500. The molecule has 1 aromatic rings. The lowest BCUT2D eigenvalue weighted by Crippen LogP contribution is -2.18. The SMILES string of the molecule is CC(=CCNCCc1ncn(C)n1)C(=O)O. The maximum absolute atomic E-state index is 10.5. The number of carbonyl (C=O) groups is 1. The molecule has 0 bridgehead atoms. The molecule has 0 saturated heterocycles. The van der Waals surface area contributed by atoms with E-state index in [1.807, 2.05) is 7.05 Å². The Bertz CT molecular complexity index is 384. The van der Waals surface area contributed by atoms with Crippen molar-refractivity contribution in [2.75, 3.05) is 13.1 Å². The van der Waals surface area contributed by atoms with Crippen LogP contribution in [0.1, 0.15) is 12.7 Å². The van der Waals surface area contributed by atoms with E-state index in [1.54, 1.807) is 24.0 Å². The number of nitrogens with zero attached hydrogens (tertiary/aromatic N) is 3. The van der Waals surface area contributed by atoms with Gasteiger partial charge in [0.15, 0.2) is 5.82 Å². The number of aliphatic carboxylic acids is 1. The summed E-state index contributed by atoms with van der Waals surface area (Å²) in [5, 5.41) is 15.8. The van der Waals surface area contributed by atoms with Crippen LogP contribution < -0.4 is 5.32 Å². The van der Waals surface area contributed by atoms with E-state index < -0.39 is 5.97 Å². The molecule has 0 atom stereocenters. The van der Waals surface area contributed by atoms with E-state index in [1.165, 1.54) is 0 Å². The van der Waals surface area contributed by atoms with E-state index >= 15 is 0 Å². The van der Waals surface area contributed by atoms with E-state index in [4.69, 9.17) is 5.11 Å². The molecule has 0 aromatic carbocycles. The average Bonchev–Trinajstić information content (AvgIpc) is 2.63. The molecule has 16 heavy (non-hydrogen) atoms. The summed E-state index contributed by atoms with van der Waals surface area (Å²) in [6.07, 6.45) is 4.04. The van der Waals surface area contributed by atoms with E-state index in [0.717, 1.165) is 18.8 Å². The van der Waals surface area contributed by atoms with Gasteiger partial charge >= 0.3 is 5.97 Å². The first-order valence-electron chi connectivity index (χ1n) is 5.05. The minimum Gasteiger partial charge on any atom is -0.478 e. The third-order valence-corrected chi connectivity index (χ3v) is 2.06. The van der Waals surface area contributed by atoms with Gasteiger partial charge in [-0.3, -0.25) is 4.68 Å². The van der Waals surface area contributed by atoms with E-state index in [2.05, 4.69) is 15.4 Å². The van der Waals surface area contributed by atoms with Crippen LogP contribution in [0.15, 0.2) is 18.0 Å². The number of nitrogens with one attached hydrogen (secondary N) is 1. The Morgan fingerprint density at radius 2 is 2.44 bits per heavy atom. The summed E-state index contributed by atoms with van der Waals surface area (Å²) in [6.45, 7) is 2.85. The van der Waals surface area contributed by atoms with Gasteiger partial charge in [-0.05, 0) is 6.92 Å². The van der Waals surface area contributed by atoms with Crippen LogP contribution in [-0.2, 0) is 18.3 Å². The smallest absolute Gasteiger partial charge is 0.330 e. The summed E-state index contributed by atoms with van der Waals surface area (Å²) in [5.74, 6) is -0.0953. The van der Waals surface area contributed by atoms with Crippen LogP contribution in [0.3, 0.4) is 0 Å². The van der Waals surface area contributed by atoms with Gasteiger partial charge in [-0.1, -0.05) is 6.08 Å². The maximum Gasteiger partial charge on any atom is 0.330 e. The summed E-state index contributed by atoms with van der Waals surface area (Å²) in [4.78, 5) is 14.5. The highest BCUT2D eigenvalue weighted by molar-refractivity contribution is 5.85. The van der Waals surface area contributed by atoms with Crippen molar-refractivity contribution in [2.24, 2.45) is 7.05 Å². The topological polar surface area (TPSA) is 80.0 Å². The zero-order valence-corrected chi connectivity index (χ0v) is 9.47. The molecule has 1 aromatic heterocycles. The molecular formula is C10H16N4O2. The number of aryl methyl sites for hydroxylation is 1. The van der Waals surface area contributed by atoms with Gasteiger partial charge in [-0.25, -0.2) is 9.78 Å². The fourth-order valence-corrected chi connectivity index (χ4v) is 1.11. The quantitative estimate of drug-likeness (QED) is 0.524. The predicted octanol–water partition coefficient (Wildman–Crippen LogP) is -0.0219. The lowest BCUT2D eigenvalue weighted by molar-refractivity contribution is -0.132. The van der Waals surface area contributed by atoms with Crippen LogP contribution in [0.2, 0.25) is 0 Å². The molecule has 0 spiro atoms. The highest BCUT2D eigenvalue weighted by Crippen LogP contribution is 1.91. The maximum atomic E-state index is 10.5. The Kier molecular flexibility index (Phi) is 4.65. The highest BCUT2D eigenvalue weighted by Gasteiger charge is 1.99. The van der Waals surface area contributed by atoms with Crippen molar-refractivity contribution in [3.05, 3.63) is 23.8 Å². The van der Waals surface area contributed by atoms with Gasteiger partial charge in [0.2, 0.25) is 0 Å². The predicted molar refractivity (Wildman–Crippen MR) is 59.0 cm³/mol. The van der Waals surface area contributed by atoms with Crippen LogP contribution in [0, 0.1) is 0 Å². The molecule has 0 aliphatic rings. The van der Waals surface area contributed by atoms with Crippen LogP contribution in [0.5, 0.6) is 0 Å². The summed E-state index contributed by atoms with van der Waals surface area (Å²) in [6, 6.07) is 0. The van der Waals surface area contributed by atoms with Crippen LogP contribution in [0.4, 0.5) is 0 Å². The Labute approximate surface area is 94.0 Å². The van der Waals surface area contributed by atoms with Crippen molar-refractivity contribution in [3.63, 3.8) is 0 Å². The van der Waals surface area contributed by atoms with Crippen molar-refractivity contribution >= 4 is 5.97 Å². The molecule has 0 amide bonds. The molecular weight excluding hydrogens is 208 g/mol. The number of carboxylic acids is 1. The molecule has 1 heterocycles. The highest BCUT2D eigenvalue weighted by atomic mass is 16.4. The molecule has 0 aliphatic carbocycles. The number of carboxylic acid groups (broad SMARTS) is 1. The number of rotatable bonds is 6. The van der Waals surface area contributed by atoms with Gasteiger partial charge in [0.1, 0.15) is 6.33 Å². The molecule has 6 heteroatoms. The van der Waals surface area contributed by atoms with Crippen molar-refractivity contribution in [2.45, 2.75) is 13.3 Å². The summed E-state index contributed by atoms with van der Waals surface area (Å²) in [5.41, 5.74) is 0.350. The van der Waals surface area contributed by atoms with Gasteiger partial charge in [0.25, 0.3) is 0 Å². The fourth-order valence-electron chi connectivity index (χ4n) is 1.11. The van der Waals surface area contributed by atoms with Crippen molar-refractivity contribution in [3.8, 4) is 0 Å². The second-order valence-corrected chi connectivity index (χ2v) is 3.48. The van der Waals surface area contributed by atoms with Crippen molar-refractivity contribution < 1.29 is 9.90 Å². The minimum atomic E-state index is -0.881. The lowest BCUT2D eigenvalue weighted by Gasteiger charge is -1.99. The summed E-state index contributed by atoms with van der Waals surface area (Å²) >= 11 is 0. The lowest BCUT2D eigenvalue weighted by atomic mass is 10.3. The third kappa shape index (κ3) is 4.22. The van der Waals surface area contributed by atoms with E-state index in [-0.39, 0.29) is 0 Å². The zero-order chi connectivity index (χ0) is 12.0. The second-order valence-electron chi connectivity index (χ2n) is 3.48. The molecule has 0 saturated carbocycles. The molecule has 0 radical (unpaired) electrons. The Hall–Kier alpha value is -1.69. The molecule has 0 fully saturated rings. The first kappa shape index (κ1) is 12.4. The van der Waals surface area contributed by atoms with Crippen molar-refractivity contribution in [1.29, 1.82) is 0 Å². The second kappa shape index (κ2) is 6.02. The molecule has 1 rings (SSSR count).